The van der Waals surface area contributed by atoms with Gasteiger partial charge in [0, 0.05) is 14.1 Å². The van der Waals surface area contributed by atoms with Crippen LogP contribution in [0.4, 0.5) is 5.69 Å². The Kier molecular flexibility index (Phi) is 6.55. The summed E-state index contributed by atoms with van der Waals surface area (Å²) in [6.07, 6.45) is 2.27. The summed E-state index contributed by atoms with van der Waals surface area (Å²) in [5.41, 5.74) is 1.09. The molecule has 1 atom stereocenters. The van der Waals surface area contributed by atoms with Crippen LogP contribution >= 0.6 is 0 Å². The van der Waals surface area contributed by atoms with E-state index in [4.69, 9.17) is 4.42 Å². The molecule has 0 spiro atoms. The van der Waals surface area contributed by atoms with Crippen molar-refractivity contribution in [2.45, 2.75) is 45.6 Å². The number of hydrogen-bond donors (Lipinski definition) is 3. The van der Waals surface area contributed by atoms with E-state index in [1.54, 1.807) is 26.4 Å². The number of amides is 1. The van der Waals surface area contributed by atoms with E-state index in [0.717, 1.165) is 5.56 Å². The summed E-state index contributed by atoms with van der Waals surface area (Å²) < 4.78 is 37.3. The fourth-order valence-corrected chi connectivity index (χ4v) is 3.94. The highest BCUT2D eigenvalue weighted by molar-refractivity contribution is 7.89. The number of nitrogens with zero attached hydrogens (tertiary/aromatic N) is 3. The number of carbonyl (C=O) groups excluding carboxylic acids is 1. The Bertz CT molecular complexity index is 1220. The number of furan rings is 1. The maximum Gasteiger partial charge on any atom is 0.367 e. The summed E-state index contributed by atoms with van der Waals surface area (Å²) in [7, 11) is -0.979. The number of para-hydroxylation sites is 1. The molecule has 1 amide bonds. The van der Waals surface area contributed by atoms with Crippen LogP contribution in [0.15, 0.2) is 43.7 Å². The van der Waals surface area contributed by atoms with E-state index in [1.807, 2.05) is 13.0 Å². The Hall–Kier alpha value is -3.34. The molecule has 0 radical (unpaired) electrons. The third-order valence-corrected chi connectivity index (χ3v) is 5.94. The van der Waals surface area contributed by atoms with Gasteiger partial charge >= 0.3 is 10.2 Å². The fraction of sp³-hybridized carbons (Fsp3) is 0.409. The molecule has 10 nitrogen and oxygen atoms in total. The van der Waals surface area contributed by atoms with Crippen LogP contribution in [0, 0.1) is 0 Å². The average Bonchev–Trinajstić information content (AvgIpc) is 3.31. The van der Waals surface area contributed by atoms with Gasteiger partial charge in [0.05, 0.1) is 23.6 Å². The third-order valence-electron chi connectivity index (χ3n) is 5.11. The van der Waals surface area contributed by atoms with Gasteiger partial charge in [0.25, 0.3) is 5.91 Å². The summed E-state index contributed by atoms with van der Waals surface area (Å²) in [5, 5.41) is 16.4. The van der Waals surface area contributed by atoms with Crippen LogP contribution in [-0.4, -0.2) is 50.1 Å². The molecule has 0 saturated carbocycles. The van der Waals surface area contributed by atoms with Gasteiger partial charge in [-0.2, -0.15) is 8.42 Å². The molecule has 0 aliphatic carbocycles. The summed E-state index contributed by atoms with van der Waals surface area (Å²) in [6, 6.07) is 6.11. The minimum absolute atomic E-state index is 0.0145. The lowest BCUT2D eigenvalue weighted by molar-refractivity contribution is 0.0824. The topological polar surface area (TPSA) is 137 Å². The molecule has 33 heavy (non-hydrogen) atoms. The highest BCUT2D eigenvalue weighted by Gasteiger charge is 2.29. The molecule has 1 aromatic carbocycles. The van der Waals surface area contributed by atoms with Gasteiger partial charge in [0.1, 0.15) is 5.76 Å². The predicted octanol–water partition coefficient (Wildman–Crippen LogP) is 3.19. The molecule has 178 valence electrons. The molecule has 0 unspecified atom stereocenters. The molecular weight excluding hydrogens is 446 g/mol. The largest absolute Gasteiger partial charge is 0.505 e. The van der Waals surface area contributed by atoms with E-state index < -0.39 is 16.1 Å². The molecule has 2 heterocycles. The summed E-state index contributed by atoms with van der Waals surface area (Å²) in [6.45, 7) is 8.13. The Morgan fingerprint density at radius 2 is 1.88 bits per heavy atom. The van der Waals surface area contributed by atoms with Crippen LogP contribution in [0.5, 0.6) is 5.75 Å². The fourth-order valence-electron chi connectivity index (χ4n) is 3.17. The molecule has 3 N–H and O–H groups in total. The second-order valence-electron chi connectivity index (χ2n) is 8.95. The van der Waals surface area contributed by atoms with E-state index in [-0.39, 0.29) is 40.1 Å². The van der Waals surface area contributed by atoms with Gasteiger partial charge in [-0.15, -0.1) is 8.80 Å². The Morgan fingerprint density at radius 3 is 2.45 bits per heavy atom. The summed E-state index contributed by atoms with van der Waals surface area (Å²) in [5.74, 6) is -0.201. The number of amidine groups is 2. The van der Waals surface area contributed by atoms with E-state index in [1.165, 1.54) is 17.0 Å². The molecule has 2 aromatic rings. The first-order valence-corrected chi connectivity index (χ1v) is 11.8. The first-order chi connectivity index (χ1) is 15.3. The van der Waals surface area contributed by atoms with Crippen LogP contribution in [0.1, 0.15) is 61.8 Å². The maximum atomic E-state index is 12.3. The maximum absolute atomic E-state index is 12.3. The normalized spacial score (nSPS) is 16.1. The van der Waals surface area contributed by atoms with E-state index in [2.05, 4.69) is 40.2 Å². The van der Waals surface area contributed by atoms with E-state index in [0.29, 0.717) is 12.2 Å². The van der Waals surface area contributed by atoms with E-state index >= 15 is 0 Å². The zero-order valence-electron chi connectivity index (χ0n) is 19.5. The Balaban J connectivity index is 1.88. The first-order valence-electron chi connectivity index (χ1n) is 10.4. The van der Waals surface area contributed by atoms with Crippen LogP contribution in [0.2, 0.25) is 0 Å². The smallest absolute Gasteiger partial charge is 0.367 e. The lowest BCUT2D eigenvalue weighted by atomic mass is 9.89. The molecule has 11 heteroatoms. The molecule has 1 aliphatic heterocycles. The van der Waals surface area contributed by atoms with Gasteiger partial charge < -0.3 is 25.1 Å². The van der Waals surface area contributed by atoms with Crippen LogP contribution in [-0.2, 0) is 15.6 Å². The van der Waals surface area contributed by atoms with Crippen molar-refractivity contribution in [3.63, 3.8) is 0 Å². The Morgan fingerprint density at radius 1 is 1.21 bits per heavy atom. The van der Waals surface area contributed by atoms with Crippen molar-refractivity contribution >= 4 is 33.5 Å². The van der Waals surface area contributed by atoms with E-state index in [9.17, 15) is 18.3 Å². The molecule has 0 saturated heterocycles. The number of carbonyl (C=O) groups is 1. The quantitative estimate of drug-likeness (QED) is 0.565. The number of phenols is 1. The van der Waals surface area contributed by atoms with Crippen LogP contribution < -0.4 is 10.6 Å². The SMILES string of the molecule is CC[C@@H](NC1=NS(=O)(=O)N=C1Nc1cccc(C(=O)N(C)C)c1O)c1cc(C(C)(C)C)co1. The molecule has 1 aromatic heterocycles. The average molecular weight is 476 g/mol. The van der Waals surface area contributed by atoms with Crippen molar-refractivity contribution in [1.82, 2.24) is 10.2 Å². The zero-order valence-corrected chi connectivity index (χ0v) is 20.3. The Labute approximate surface area is 193 Å². The van der Waals surface area contributed by atoms with Gasteiger partial charge in [-0.05, 0) is 35.6 Å². The van der Waals surface area contributed by atoms with Gasteiger partial charge in [-0.1, -0.05) is 33.8 Å². The number of phenolic OH excluding ortho intramolecular Hbond substituents is 1. The highest BCUT2D eigenvalue weighted by Crippen LogP contribution is 2.30. The third kappa shape index (κ3) is 5.36. The minimum atomic E-state index is -4.11. The number of rotatable bonds is 5. The van der Waals surface area contributed by atoms with Crippen molar-refractivity contribution in [1.29, 1.82) is 0 Å². The van der Waals surface area contributed by atoms with Gasteiger partial charge in [-0.25, -0.2) is 0 Å². The van der Waals surface area contributed by atoms with Crippen molar-refractivity contribution in [3.8, 4) is 5.75 Å². The van der Waals surface area contributed by atoms with Gasteiger partial charge in [0.15, 0.2) is 17.4 Å². The lowest BCUT2D eigenvalue weighted by Crippen LogP contribution is -2.36. The number of hydrogen-bond acceptors (Lipinski definition) is 7. The standard InChI is InChI=1S/C22H29N5O5S/c1-7-15(17-11-13(12-32-17)22(2,3)4)23-19-20(26-33(30,31)25-19)24-16-10-8-9-14(18(16)28)21(29)27(5)6/h8-12,15,28H,7H2,1-6H3,(H,23,25)(H,24,26)/t15-/m1/s1. The minimum Gasteiger partial charge on any atom is -0.505 e. The lowest BCUT2D eigenvalue weighted by Gasteiger charge is -2.18. The monoisotopic (exact) mass is 475 g/mol. The molecular formula is C22H29N5O5S. The molecule has 0 fully saturated rings. The number of anilines is 1. The number of nitrogens with one attached hydrogen (secondary N) is 2. The summed E-state index contributed by atoms with van der Waals surface area (Å²) in [4.78, 5) is 13.6. The predicted molar refractivity (Wildman–Crippen MR) is 127 cm³/mol. The van der Waals surface area contributed by atoms with Crippen molar-refractivity contribution in [3.05, 3.63) is 47.4 Å². The van der Waals surface area contributed by atoms with Crippen molar-refractivity contribution in [2.75, 3.05) is 19.4 Å². The van der Waals surface area contributed by atoms with Gasteiger partial charge in [0.2, 0.25) is 0 Å². The van der Waals surface area contributed by atoms with Gasteiger partial charge in [-0.3, -0.25) is 4.79 Å². The van der Waals surface area contributed by atoms with Crippen molar-refractivity contribution < 1.29 is 22.7 Å². The zero-order chi connectivity index (χ0) is 24.6. The second kappa shape index (κ2) is 8.89. The number of aromatic hydroxyl groups is 1. The molecule has 3 rings (SSSR count). The second-order valence-corrected chi connectivity index (χ2v) is 10.2. The van der Waals surface area contributed by atoms with Crippen LogP contribution in [0.25, 0.3) is 0 Å². The first kappa shape index (κ1) is 24.3. The van der Waals surface area contributed by atoms with Crippen LogP contribution in [0.3, 0.4) is 0 Å². The molecule has 0 bridgehead atoms. The van der Waals surface area contributed by atoms with Crippen molar-refractivity contribution in [2.24, 2.45) is 8.80 Å². The highest BCUT2D eigenvalue weighted by atomic mass is 32.2. The summed E-state index contributed by atoms with van der Waals surface area (Å²) >= 11 is 0. The molecule has 1 aliphatic rings. The number of benzene rings is 1.